The Morgan fingerprint density at radius 3 is 2.59 bits per heavy atom. The van der Waals surface area contributed by atoms with E-state index in [9.17, 15) is 14.7 Å². The summed E-state index contributed by atoms with van der Waals surface area (Å²) in [5.41, 5.74) is 0.279. The number of carbonyl (C=O) groups is 2. The van der Waals surface area contributed by atoms with Gasteiger partial charge in [-0.05, 0) is 70.7 Å². The van der Waals surface area contributed by atoms with Gasteiger partial charge >= 0.3 is 5.97 Å². The van der Waals surface area contributed by atoms with E-state index < -0.39 is 41.2 Å². The first-order valence-electron chi connectivity index (χ1n) is 16.2. The number of fused-ring (bicyclic) bond motifs is 5. The number of allylic oxidation sites excluding steroid dienone is 3. The van der Waals surface area contributed by atoms with Crippen molar-refractivity contribution < 1.29 is 33.6 Å². The van der Waals surface area contributed by atoms with Crippen molar-refractivity contribution in [3.63, 3.8) is 0 Å². The van der Waals surface area contributed by atoms with E-state index in [-0.39, 0.29) is 36.5 Å². The average Bonchev–Trinajstić information content (AvgIpc) is 3.70. The highest BCUT2D eigenvalue weighted by molar-refractivity contribution is 6.34. The zero-order valence-electron chi connectivity index (χ0n) is 28.7. The Hall–Kier alpha value is -2.85. The van der Waals surface area contributed by atoms with Crippen LogP contribution in [0.2, 0.25) is 5.02 Å². The Balaban J connectivity index is 1.80. The summed E-state index contributed by atoms with van der Waals surface area (Å²) < 4.78 is 24.4. The molecule has 0 unspecified atom stereocenters. The average molecular weight is 659 g/mol. The predicted molar refractivity (Wildman–Crippen MR) is 179 cm³/mol. The second kappa shape index (κ2) is 13.7. The molecule has 1 amide bonds. The van der Waals surface area contributed by atoms with Crippen molar-refractivity contribution in [2.45, 2.75) is 116 Å². The minimum absolute atomic E-state index is 0.108. The van der Waals surface area contributed by atoms with Crippen LogP contribution in [0.3, 0.4) is 0 Å². The van der Waals surface area contributed by atoms with Crippen LogP contribution in [0, 0.1) is 18.3 Å². The number of ether oxygens (including phenoxy) is 4. The molecule has 0 radical (unpaired) electrons. The number of aliphatic hydroxyl groups is 1. The first kappa shape index (κ1) is 36.0. The molecule has 3 aliphatic rings. The third-order valence-electron chi connectivity index (χ3n) is 10.3. The van der Waals surface area contributed by atoms with Crippen LogP contribution in [-0.4, -0.2) is 66.9 Å². The van der Waals surface area contributed by atoms with E-state index in [4.69, 9.17) is 30.5 Å². The zero-order valence-corrected chi connectivity index (χ0v) is 29.5. The summed E-state index contributed by atoms with van der Waals surface area (Å²) in [6.45, 7) is 17.5. The highest BCUT2D eigenvalue weighted by Crippen LogP contribution is 2.50. The Morgan fingerprint density at radius 2 is 1.96 bits per heavy atom. The van der Waals surface area contributed by atoms with Crippen molar-refractivity contribution in [3.8, 4) is 0 Å². The maximum atomic E-state index is 14.0. The Bertz CT molecular complexity index is 1400. The molecule has 46 heavy (non-hydrogen) atoms. The lowest BCUT2D eigenvalue weighted by Crippen LogP contribution is -2.60. The van der Waals surface area contributed by atoms with Crippen LogP contribution < -0.4 is 10.2 Å². The molecule has 4 bridgehead atoms. The minimum atomic E-state index is -1.51. The van der Waals surface area contributed by atoms with Crippen LogP contribution >= 0.6 is 11.6 Å². The maximum absolute atomic E-state index is 14.0. The summed E-state index contributed by atoms with van der Waals surface area (Å²) in [7, 11) is 3.24. The van der Waals surface area contributed by atoms with Gasteiger partial charge in [0.25, 0.3) is 0 Å². The lowest BCUT2D eigenvalue weighted by atomic mass is 9.82. The number of rotatable bonds is 5. The van der Waals surface area contributed by atoms with E-state index in [2.05, 4.69) is 11.9 Å². The number of anilines is 1. The van der Waals surface area contributed by atoms with Gasteiger partial charge in [-0.2, -0.15) is 0 Å². The second-order valence-electron chi connectivity index (χ2n) is 13.7. The lowest BCUT2D eigenvalue weighted by Gasteiger charge is -2.44. The Labute approximate surface area is 278 Å². The standard InChI is InChI=1S/C36H51ClN2O7/c1-11-34(7,12-2)33(41)45-29-19-30(40)39(9)26-18-25(17-22(4)31(26)37)16-21(3)14-13-15-28(43-10)36(42)20-27(44-24(6)38-36)23(5)32-35(29,8)46-32/h13-15,17-18,23,27-29,32,38,42H,6,11-12,16,19-20H2,1-5,7-10H3/b15-13+,21-14+/t23-,27+,28-,29+,32+,35+,36+/m1/s1. The first-order valence-corrected chi connectivity index (χ1v) is 16.6. The molecule has 0 aliphatic carbocycles. The number of esters is 1. The molecule has 0 spiro atoms. The third-order valence-corrected chi connectivity index (χ3v) is 10.8. The Kier molecular flexibility index (Phi) is 10.7. The lowest BCUT2D eigenvalue weighted by molar-refractivity contribution is -0.165. The molecule has 2 saturated heterocycles. The van der Waals surface area contributed by atoms with Crippen molar-refractivity contribution in [1.29, 1.82) is 0 Å². The summed E-state index contributed by atoms with van der Waals surface area (Å²) in [4.78, 5) is 29.1. The van der Waals surface area contributed by atoms with Crippen molar-refractivity contribution >= 4 is 29.2 Å². The molecule has 1 aromatic carbocycles. The third kappa shape index (κ3) is 7.18. The molecule has 10 heteroatoms. The van der Waals surface area contributed by atoms with E-state index in [1.165, 1.54) is 0 Å². The summed E-state index contributed by atoms with van der Waals surface area (Å²) in [5, 5.41) is 15.3. The van der Waals surface area contributed by atoms with Gasteiger partial charge in [0.1, 0.15) is 23.9 Å². The molecule has 0 saturated carbocycles. The van der Waals surface area contributed by atoms with Gasteiger partial charge in [0.2, 0.25) is 5.91 Å². The number of amides is 1. The number of hydrogen-bond donors (Lipinski definition) is 2. The van der Waals surface area contributed by atoms with Gasteiger partial charge in [0.15, 0.2) is 11.6 Å². The molecule has 254 valence electrons. The fourth-order valence-electron chi connectivity index (χ4n) is 6.56. The molecule has 9 nitrogen and oxygen atoms in total. The smallest absolute Gasteiger partial charge is 0.312 e. The van der Waals surface area contributed by atoms with Gasteiger partial charge in [-0.1, -0.05) is 62.2 Å². The zero-order chi connectivity index (χ0) is 34.2. The largest absolute Gasteiger partial charge is 0.476 e. The molecular formula is C36H51ClN2O7. The second-order valence-corrected chi connectivity index (χ2v) is 14.1. The number of nitrogens with zero attached hydrogens (tertiary/aromatic N) is 1. The van der Waals surface area contributed by atoms with Gasteiger partial charge < -0.3 is 34.3 Å². The fraction of sp³-hybridized carbons (Fsp3) is 0.611. The predicted octanol–water partition coefficient (Wildman–Crippen LogP) is 6.14. The molecule has 1 aromatic rings. The van der Waals surface area contributed by atoms with Gasteiger partial charge in [-0.3, -0.25) is 9.59 Å². The molecule has 7 atom stereocenters. The maximum Gasteiger partial charge on any atom is 0.312 e. The summed E-state index contributed by atoms with van der Waals surface area (Å²) in [6, 6.07) is 3.93. The SMILES string of the molecule is C=C1N[C@]2(O)C[C@H](O1)[C@@H](C)[C@@H]1O[C@@]1(C)[C@@H](OC(=O)C(C)(CC)CC)CC(=O)N(C)c1cc(cc(C)c1Cl)C/C(C)=C/C=C/[C@H]2OC. The number of halogens is 1. The van der Waals surface area contributed by atoms with Crippen LogP contribution in [0.5, 0.6) is 0 Å². The van der Waals surface area contributed by atoms with Gasteiger partial charge in [0.05, 0.1) is 28.6 Å². The Morgan fingerprint density at radius 1 is 1.28 bits per heavy atom. The molecule has 4 rings (SSSR count). The molecule has 2 fully saturated rings. The van der Waals surface area contributed by atoms with Crippen molar-refractivity contribution in [2.75, 3.05) is 19.1 Å². The normalized spacial score (nSPS) is 34.0. The fourth-order valence-corrected chi connectivity index (χ4v) is 6.80. The number of epoxide rings is 1. The van der Waals surface area contributed by atoms with Gasteiger partial charge in [-0.15, -0.1) is 0 Å². The number of carbonyl (C=O) groups excluding carboxylic acids is 2. The highest BCUT2D eigenvalue weighted by atomic mass is 35.5. The molecular weight excluding hydrogens is 608 g/mol. The summed E-state index contributed by atoms with van der Waals surface area (Å²) >= 11 is 6.77. The van der Waals surface area contributed by atoms with Crippen molar-refractivity contribution in [3.05, 3.63) is 64.5 Å². The van der Waals surface area contributed by atoms with Crippen molar-refractivity contribution in [1.82, 2.24) is 5.32 Å². The summed E-state index contributed by atoms with van der Waals surface area (Å²) in [6.07, 6.45) is 4.97. The van der Waals surface area contributed by atoms with Crippen molar-refractivity contribution in [2.24, 2.45) is 11.3 Å². The molecule has 2 N–H and O–H groups in total. The molecule has 0 aromatic heterocycles. The minimum Gasteiger partial charge on any atom is -0.476 e. The van der Waals surface area contributed by atoms with E-state index in [1.54, 1.807) is 19.1 Å². The number of hydrogen-bond acceptors (Lipinski definition) is 8. The first-order chi connectivity index (χ1) is 21.5. The number of methoxy groups -OCH3 is 1. The van der Waals surface area contributed by atoms with E-state index in [1.807, 2.05) is 78.8 Å². The van der Waals surface area contributed by atoms with E-state index in [0.29, 0.717) is 30.0 Å². The quantitative estimate of drug-likeness (QED) is 0.287. The van der Waals surface area contributed by atoms with Crippen LogP contribution in [-0.2, 0) is 35.0 Å². The number of benzene rings is 1. The van der Waals surface area contributed by atoms with Crippen LogP contribution in [0.4, 0.5) is 5.69 Å². The molecule has 3 aliphatic heterocycles. The number of nitrogens with one attached hydrogen (secondary N) is 1. The van der Waals surface area contributed by atoms with Crippen LogP contribution in [0.25, 0.3) is 0 Å². The van der Waals surface area contributed by atoms with E-state index >= 15 is 0 Å². The van der Waals surface area contributed by atoms with Gasteiger partial charge in [-0.25, -0.2) is 0 Å². The topological polar surface area (TPSA) is 110 Å². The van der Waals surface area contributed by atoms with Crippen LogP contribution in [0.1, 0.15) is 78.4 Å². The number of aryl methyl sites for hydroxylation is 1. The summed E-state index contributed by atoms with van der Waals surface area (Å²) in [5.74, 6) is -0.680. The van der Waals surface area contributed by atoms with Gasteiger partial charge in [0, 0.05) is 26.5 Å². The van der Waals surface area contributed by atoms with E-state index in [0.717, 1.165) is 16.7 Å². The van der Waals surface area contributed by atoms with Crippen LogP contribution in [0.15, 0.2) is 48.4 Å². The monoisotopic (exact) mass is 658 g/mol. The molecule has 3 heterocycles. The highest BCUT2D eigenvalue weighted by Gasteiger charge is 2.64.